The summed E-state index contributed by atoms with van der Waals surface area (Å²) in [5, 5.41) is 2.51. The van der Waals surface area contributed by atoms with E-state index in [4.69, 9.17) is 5.73 Å². The lowest BCUT2D eigenvalue weighted by molar-refractivity contribution is -0.133. The highest BCUT2D eigenvalue weighted by atomic mass is 16.2. The molecule has 0 aromatic rings. The molecule has 94 valence electrons. The van der Waals surface area contributed by atoms with Gasteiger partial charge >= 0.3 is 6.03 Å². The van der Waals surface area contributed by atoms with Crippen molar-refractivity contribution in [2.75, 3.05) is 13.1 Å². The molecule has 3 N–H and O–H groups in total. The van der Waals surface area contributed by atoms with Gasteiger partial charge in [-0.05, 0) is 26.2 Å². The third-order valence-corrected chi connectivity index (χ3v) is 2.40. The molecular formula is C11H23N3O2. The zero-order valence-electron chi connectivity index (χ0n) is 10.6. The molecule has 16 heavy (non-hydrogen) atoms. The molecule has 0 unspecified atom stereocenters. The number of nitrogens with zero attached hydrogens (tertiary/aromatic N) is 1. The lowest BCUT2D eigenvalue weighted by atomic mass is 10.0. The van der Waals surface area contributed by atoms with Crippen molar-refractivity contribution in [2.24, 2.45) is 11.7 Å². The Morgan fingerprint density at radius 2 is 1.75 bits per heavy atom. The Hall–Kier alpha value is -1.26. The molecule has 0 aromatic carbocycles. The fourth-order valence-corrected chi connectivity index (χ4v) is 1.62. The summed E-state index contributed by atoms with van der Waals surface area (Å²) in [6.07, 6.45) is 0.609. The number of carbonyl (C=O) groups excluding carboxylic acids is 2. The number of nitrogens with two attached hydrogens (primary N) is 1. The number of primary amides is 1. The van der Waals surface area contributed by atoms with E-state index in [0.29, 0.717) is 25.4 Å². The second kappa shape index (κ2) is 7.09. The summed E-state index contributed by atoms with van der Waals surface area (Å²) in [5.74, 6) is 0.272. The molecule has 0 aliphatic rings. The Balaban J connectivity index is 4.59. The summed E-state index contributed by atoms with van der Waals surface area (Å²) >= 11 is 0. The molecule has 0 rings (SSSR count). The maximum atomic E-state index is 12.0. The number of likely N-dealkylation sites (N-methyl/N-ethyl adjacent to an activating group) is 1. The normalized spacial score (nSPS) is 12.3. The van der Waals surface area contributed by atoms with Gasteiger partial charge < -0.3 is 16.0 Å². The van der Waals surface area contributed by atoms with Gasteiger partial charge in [-0.15, -0.1) is 0 Å². The number of carbonyl (C=O) groups is 2. The van der Waals surface area contributed by atoms with E-state index < -0.39 is 12.1 Å². The van der Waals surface area contributed by atoms with E-state index in [-0.39, 0.29) is 5.91 Å². The van der Waals surface area contributed by atoms with E-state index in [2.05, 4.69) is 5.32 Å². The monoisotopic (exact) mass is 229 g/mol. The molecule has 3 amide bonds. The summed E-state index contributed by atoms with van der Waals surface area (Å²) in [6, 6.07) is -1.15. The van der Waals surface area contributed by atoms with Crippen LogP contribution in [-0.4, -0.2) is 36.0 Å². The van der Waals surface area contributed by atoms with Crippen molar-refractivity contribution in [2.45, 2.75) is 40.2 Å². The molecule has 0 saturated carbocycles. The Morgan fingerprint density at radius 3 is 2.06 bits per heavy atom. The largest absolute Gasteiger partial charge is 0.352 e. The first-order valence-corrected chi connectivity index (χ1v) is 5.77. The molecule has 0 bridgehead atoms. The first kappa shape index (κ1) is 14.7. The molecule has 1 atom stereocenters. The third-order valence-electron chi connectivity index (χ3n) is 2.40. The van der Waals surface area contributed by atoms with Crippen LogP contribution in [0.3, 0.4) is 0 Å². The molecule has 0 heterocycles. The van der Waals surface area contributed by atoms with Gasteiger partial charge in [0.15, 0.2) is 0 Å². The summed E-state index contributed by atoms with van der Waals surface area (Å²) in [7, 11) is 0. The molecule has 0 aromatic heterocycles. The molecule has 0 aliphatic carbocycles. The van der Waals surface area contributed by atoms with Gasteiger partial charge in [0.05, 0.1) is 0 Å². The molecule has 0 saturated heterocycles. The summed E-state index contributed by atoms with van der Waals surface area (Å²) in [4.78, 5) is 24.6. The molecule has 5 nitrogen and oxygen atoms in total. The van der Waals surface area contributed by atoms with Gasteiger partial charge in [-0.2, -0.15) is 0 Å². The lowest BCUT2D eigenvalue weighted by Crippen LogP contribution is -2.50. The van der Waals surface area contributed by atoms with Crippen LogP contribution < -0.4 is 11.1 Å². The average molecular weight is 229 g/mol. The van der Waals surface area contributed by atoms with Crippen LogP contribution in [0.5, 0.6) is 0 Å². The first-order valence-electron chi connectivity index (χ1n) is 5.77. The van der Waals surface area contributed by atoms with Crippen LogP contribution in [0.2, 0.25) is 0 Å². The van der Waals surface area contributed by atoms with Crippen molar-refractivity contribution >= 4 is 11.9 Å². The summed E-state index contributed by atoms with van der Waals surface area (Å²) in [6.45, 7) is 9.13. The van der Waals surface area contributed by atoms with Gasteiger partial charge in [-0.1, -0.05) is 13.8 Å². The van der Waals surface area contributed by atoms with Crippen LogP contribution in [0.15, 0.2) is 0 Å². The quantitative estimate of drug-likeness (QED) is 0.711. The molecule has 0 radical (unpaired) electrons. The number of urea groups is 1. The maximum absolute atomic E-state index is 12.0. The van der Waals surface area contributed by atoms with Crippen LogP contribution in [-0.2, 0) is 4.79 Å². The van der Waals surface area contributed by atoms with E-state index in [1.54, 1.807) is 4.90 Å². The highest BCUT2D eigenvalue weighted by Gasteiger charge is 2.24. The van der Waals surface area contributed by atoms with Crippen molar-refractivity contribution in [3.8, 4) is 0 Å². The van der Waals surface area contributed by atoms with E-state index in [1.807, 2.05) is 27.7 Å². The molecule has 5 heteroatoms. The molecule has 0 aliphatic heterocycles. The third kappa shape index (κ3) is 5.00. The molecule has 0 spiro atoms. The second-order valence-corrected chi connectivity index (χ2v) is 4.20. The van der Waals surface area contributed by atoms with Crippen LogP contribution >= 0.6 is 0 Å². The van der Waals surface area contributed by atoms with Gasteiger partial charge in [0.1, 0.15) is 6.04 Å². The van der Waals surface area contributed by atoms with Crippen LogP contribution in [0.4, 0.5) is 4.79 Å². The van der Waals surface area contributed by atoms with Crippen molar-refractivity contribution in [1.29, 1.82) is 0 Å². The second-order valence-electron chi connectivity index (χ2n) is 4.20. The Kier molecular flexibility index (Phi) is 6.53. The van der Waals surface area contributed by atoms with Gasteiger partial charge in [-0.25, -0.2) is 4.79 Å². The number of amides is 3. The smallest absolute Gasteiger partial charge is 0.312 e. The van der Waals surface area contributed by atoms with Gasteiger partial charge in [0.25, 0.3) is 0 Å². The van der Waals surface area contributed by atoms with Crippen LogP contribution in [0.1, 0.15) is 34.1 Å². The highest BCUT2D eigenvalue weighted by molar-refractivity contribution is 5.86. The SMILES string of the molecule is CCN(CC)C(=O)[C@@H](CC(C)C)NC(N)=O. The van der Waals surface area contributed by atoms with Gasteiger partial charge in [-0.3, -0.25) is 4.79 Å². The summed E-state index contributed by atoms with van der Waals surface area (Å²) < 4.78 is 0. The minimum absolute atomic E-state index is 0.0579. The molecular weight excluding hydrogens is 206 g/mol. The zero-order chi connectivity index (χ0) is 12.7. The van der Waals surface area contributed by atoms with Gasteiger partial charge in [0.2, 0.25) is 5.91 Å². The average Bonchev–Trinajstić information content (AvgIpc) is 2.17. The zero-order valence-corrected chi connectivity index (χ0v) is 10.6. The molecule has 0 fully saturated rings. The minimum atomic E-state index is -0.647. The van der Waals surface area contributed by atoms with E-state index in [0.717, 1.165) is 0 Å². The van der Waals surface area contributed by atoms with Crippen LogP contribution in [0.25, 0.3) is 0 Å². The van der Waals surface area contributed by atoms with E-state index in [1.165, 1.54) is 0 Å². The predicted octanol–water partition coefficient (Wildman–Crippen LogP) is 0.938. The first-order chi connectivity index (χ1) is 7.42. The topological polar surface area (TPSA) is 75.4 Å². The van der Waals surface area contributed by atoms with Crippen LogP contribution in [0, 0.1) is 5.92 Å². The fourth-order valence-electron chi connectivity index (χ4n) is 1.62. The van der Waals surface area contributed by atoms with E-state index >= 15 is 0 Å². The number of nitrogens with one attached hydrogen (secondary N) is 1. The van der Waals surface area contributed by atoms with E-state index in [9.17, 15) is 9.59 Å². The van der Waals surface area contributed by atoms with Crippen molar-refractivity contribution in [1.82, 2.24) is 10.2 Å². The van der Waals surface area contributed by atoms with Crippen molar-refractivity contribution in [3.05, 3.63) is 0 Å². The summed E-state index contributed by atoms with van der Waals surface area (Å²) in [5.41, 5.74) is 5.07. The Bertz CT molecular complexity index is 237. The highest BCUT2D eigenvalue weighted by Crippen LogP contribution is 2.07. The standard InChI is InChI=1S/C11H23N3O2/c1-5-14(6-2)10(15)9(7-8(3)4)13-11(12)16/h8-9H,5-7H2,1-4H3,(H3,12,13,16)/t9-/m1/s1. The maximum Gasteiger partial charge on any atom is 0.312 e. The van der Waals surface area contributed by atoms with Crippen molar-refractivity contribution in [3.63, 3.8) is 0 Å². The number of rotatable bonds is 6. The fraction of sp³-hybridized carbons (Fsp3) is 0.818. The number of hydrogen-bond acceptors (Lipinski definition) is 2. The van der Waals surface area contributed by atoms with Crippen molar-refractivity contribution < 1.29 is 9.59 Å². The predicted molar refractivity (Wildman–Crippen MR) is 63.9 cm³/mol. The lowest BCUT2D eigenvalue weighted by Gasteiger charge is -2.26. The van der Waals surface area contributed by atoms with Gasteiger partial charge in [0, 0.05) is 13.1 Å². The Labute approximate surface area is 97.4 Å². The number of hydrogen-bond donors (Lipinski definition) is 2. The minimum Gasteiger partial charge on any atom is -0.352 e. The Morgan fingerprint density at radius 1 is 1.25 bits per heavy atom.